The smallest absolute Gasteiger partial charge is 0.272 e. The molecule has 1 aliphatic rings. The van der Waals surface area contributed by atoms with Crippen LogP contribution in [0.3, 0.4) is 0 Å². The van der Waals surface area contributed by atoms with Gasteiger partial charge in [0.05, 0.1) is 5.69 Å². The lowest BCUT2D eigenvalue weighted by Crippen LogP contribution is -2.30. The first-order valence-electron chi connectivity index (χ1n) is 5.37. The van der Waals surface area contributed by atoms with Crippen LogP contribution in [0.5, 0.6) is 0 Å². The lowest BCUT2D eigenvalue weighted by Gasteiger charge is -2.10. The van der Waals surface area contributed by atoms with Crippen molar-refractivity contribution in [2.75, 3.05) is 18.0 Å². The molecule has 0 bridgehead atoms. The lowest BCUT2D eigenvalue weighted by atomic mass is 10.2. The number of carbonyl (C=O) groups excluding carboxylic acids is 1. The van der Waals surface area contributed by atoms with E-state index in [1.807, 2.05) is 11.8 Å². The molecule has 1 amide bonds. The molecule has 3 N–H and O–H groups in total. The van der Waals surface area contributed by atoms with Crippen molar-refractivity contribution in [1.29, 1.82) is 0 Å². The Balaban J connectivity index is 1.90. The highest BCUT2D eigenvalue weighted by Gasteiger charge is 2.17. The van der Waals surface area contributed by atoms with E-state index in [9.17, 15) is 4.79 Å². The van der Waals surface area contributed by atoms with Crippen molar-refractivity contribution in [2.24, 2.45) is 0 Å². The van der Waals surface area contributed by atoms with E-state index in [0.717, 1.165) is 0 Å². The number of anilines is 1. The summed E-state index contributed by atoms with van der Waals surface area (Å²) in [5, 5.41) is 3.43. The molecular weight excluding hydrogens is 222 g/mol. The first-order valence-corrected chi connectivity index (χ1v) is 6.42. The van der Waals surface area contributed by atoms with Crippen LogP contribution in [-0.2, 0) is 0 Å². The lowest BCUT2D eigenvalue weighted by molar-refractivity contribution is 0.0949. The maximum absolute atomic E-state index is 11.8. The number of hydrogen-bond acceptors (Lipinski definition) is 4. The predicted octanol–water partition coefficient (Wildman–Crippen LogP) is 1.29. The Morgan fingerprint density at radius 1 is 1.69 bits per heavy atom. The molecule has 0 radical (unpaired) electrons. The zero-order chi connectivity index (χ0) is 11.4. The highest BCUT2D eigenvalue weighted by Crippen LogP contribution is 2.25. The van der Waals surface area contributed by atoms with Crippen LogP contribution >= 0.6 is 11.8 Å². The van der Waals surface area contributed by atoms with Crippen molar-refractivity contribution in [2.45, 2.75) is 18.1 Å². The maximum atomic E-state index is 11.8. The molecule has 16 heavy (non-hydrogen) atoms. The van der Waals surface area contributed by atoms with Crippen LogP contribution in [0, 0.1) is 0 Å². The van der Waals surface area contributed by atoms with Crippen LogP contribution in [0.2, 0.25) is 0 Å². The molecule has 1 unspecified atom stereocenters. The maximum Gasteiger partial charge on any atom is 0.272 e. The minimum absolute atomic E-state index is 0.175. The Morgan fingerprint density at radius 3 is 3.25 bits per heavy atom. The second kappa shape index (κ2) is 5.21. The van der Waals surface area contributed by atoms with Gasteiger partial charge in [0.15, 0.2) is 5.69 Å². The standard InChI is InChI=1S/C11H15N3OS/c12-9-4-1-5-13-10(9)11(15)14-7-8-3-2-6-16-8/h1,4-5,8H,2-3,6-7,12H2,(H,14,15). The van der Waals surface area contributed by atoms with Gasteiger partial charge in [0.1, 0.15) is 0 Å². The van der Waals surface area contributed by atoms with E-state index in [2.05, 4.69) is 10.3 Å². The van der Waals surface area contributed by atoms with Crippen molar-refractivity contribution in [3.05, 3.63) is 24.0 Å². The predicted molar refractivity (Wildman–Crippen MR) is 66.5 cm³/mol. The van der Waals surface area contributed by atoms with Crippen molar-refractivity contribution in [1.82, 2.24) is 10.3 Å². The number of aromatic nitrogens is 1. The van der Waals surface area contributed by atoms with Crippen molar-refractivity contribution >= 4 is 23.4 Å². The molecule has 86 valence electrons. The monoisotopic (exact) mass is 237 g/mol. The highest BCUT2D eigenvalue weighted by molar-refractivity contribution is 8.00. The molecule has 2 heterocycles. The number of thioether (sulfide) groups is 1. The van der Waals surface area contributed by atoms with Gasteiger partial charge in [-0.1, -0.05) is 0 Å². The largest absolute Gasteiger partial charge is 0.397 e. The van der Waals surface area contributed by atoms with Gasteiger partial charge in [-0.2, -0.15) is 11.8 Å². The molecule has 5 heteroatoms. The molecule has 0 aliphatic carbocycles. The van der Waals surface area contributed by atoms with E-state index in [0.29, 0.717) is 23.2 Å². The van der Waals surface area contributed by atoms with E-state index in [1.54, 1.807) is 18.3 Å². The fourth-order valence-corrected chi connectivity index (χ4v) is 2.90. The number of carbonyl (C=O) groups is 1. The zero-order valence-corrected chi connectivity index (χ0v) is 9.80. The summed E-state index contributed by atoms with van der Waals surface area (Å²) < 4.78 is 0. The molecule has 1 aliphatic heterocycles. The van der Waals surface area contributed by atoms with Gasteiger partial charge in [0.25, 0.3) is 5.91 Å². The number of pyridine rings is 1. The SMILES string of the molecule is Nc1cccnc1C(=O)NCC1CCCS1. The van der Waals surface area contributed by atoms with Crippen molar-refractivity contribution < 1.29 is 4.79 Å². The third-order valence-electron chi connectivity index (χ3n) is 2.57. The molecule has 1 fully saturated rings. The summed E-state index contributed by atoms with van der Waals surface area (Å²) in [7, 11) is 0. The molecule has 0 aromatic carbocycles. The van der Waals surface area contributed by atoms with Crippen LogP contribution in [-0.4, -0.2) is 28.4 Å². The third-order valence-corrected chi connectivity index (χ3v) is 3.97. The average molecular weight is 237 g/mol. The number of amides is 1. The minimum atomic E-state index is -0.175. The first-order chi connectivity index (χ1) is 7.77. The van der Waals surface area contributed by atoms with E-state index in [-0.39, 0.29) is 5.91 Å². The number of nitrogens with two attached hydrogens (primary N) is 1. The highest BCUT2D eigenvalue weighted by atomic mass is 32.2. The molecule has 0 saturated carbocycles. The number of nitrogen functional groups attached to an aromatic ring is 1. The summed E-state index contributed by atoms with van der Waals surface area (Å²) in [5.41, 5.74) is 6.43. The molecule has 1 saturated heterocycles. The van der Waals surface area contributed by atoms with Gasteiger partial charge in [0.2, 0.25) is 0 Å². The molecule has 4 nitrogen and oxygen atoms in total. The normalized spacial score (nSPS) is 19.6. The van der Waals surface area contributed by atoms with Crippen LogP contribution in [0.25, 0.3) is 0 Å². The second-order valence-corrected chi connectivity index (χ2v) is 5.19. The molecule has 0 spiro atoms. The zero-order valence-electron chi connectivity index (χ0n) is 8.98. The van der Waals surface area contributed by atoms with Gasteiger partial charge in [-0.15, -0.1) is 0 Å². The van der Waals surface area contributed by atoms with Gasteiger partial charge in [-0.25, -0.2) is 4.98 Å². The van der Waals surface area contributed by atoms with Gasteiger partial charge in [-0.05, 0) is 30.7 Å². The van der Waals surface area contributed by atoms with E-state index in [4.69, 9.17) is 5.73 Å². The Hall–Kier alpha value is -1.23. The molecule has 1 aromatic rings. The van der Waals surface area contributed by atoms with Gasteiger partial charge in [-0.3, -0.25) is 4.79 Å². The van der Waals surface area contributed by atoms with E-state index >= 15 is 0 Å². The quantitative estimate of drug-likeness (QED) is 0.831. The van der Waals surface area contributed by atoms with Gasteiger partial charge >= 0.3 is 0 Å². The van der Waals surface area contributed by atoms with E-state index < -0.39 is 0 Å². The Kier molecular flexibility index (Phi) is 3.66. The Morgan fingerprint density at radius 2 is 2.56 bits per heavy atom. The average Bonchev–Trinajstić information content (AvgIpc) is 2.79. The first kappa shape index (κ1) is 11.3. The van der Waals surface area contributed by atoms with Gasteiger partial charge in [0, 0.05) is 18.0 Å². The fraction of sp³-hybridized carbons (Fsp3) is 0.455. The van der Waals surface area contributed by atoms with E-state index in [1.165, 1.54) is 18.6 Å². The van der Waals surface area contributed by atoms with Gasteiger partial charge < -0.3 is 11.1 Å². The summed E-state index contributed by atoms with van der Waals surface area (Å²) in [6, 6.07) is 3.41. The topological polar surface area (TPSA) is 68.0 Å². The van der Waals surface area contributed by atoms with Crippen molar-refractivity contribution in [3.8, 4) is 0 Å². The number of nitrogens with one attached hydrogen (secondary N) is 1. The number of nitrogens with zero attached hydrogens (tertiary/aromatic N) is 1. The molecule has 1 atom stereocenters. The Bertz CT molecular complexity index is 377. The second-order valence-electron chi connectivity index (χ2n) is 3.79. The summed E-state index contributed by atoms with van der Waals surface area (Å²) in [6.07, 6.45) is 4.01. The van der Waals surface area contributed by atoms with Crippen LogP contribution < -0.4 is 11.1 Å². The number of hydrogen-bond donors (Lipinski definition) is 2. The number of rotatable bonds is 3. The fourth-order valence-electron chi connectivity index (χ4n) is 1.70. The summed E-state index contributed by atoms with van der Waals surface area (Å²) in [5.74, 6) is 1.03. The minimum Gasteiger partial charge on any atom is -0.397 e. The van der Waals surface area contributed by atoms with Crippen LogP contribution in [0.15, 0.2) is 18.3 Å². The summed E-state index contributed by atoms with van der Waals surface area (Å²) >= 11 is 1.92. The Labute approximate surface area is 99.0 Å². The van der Waals surface area contributed by atoms with Crippen molar-refractivity contribution in [3.63, 3.8) is 0 Å². The molecule has 2 rings (SSSR count). The summed E-state index contributed by atoms with van der Waals surface area (Å²) in [6.45, 7) is 0.708. The summed E-state index contributed by atoms with van der Waals surface area (Å²) in [4.78, 5) is 15.7. The van der Waals surface area contributed by atoms with Crippen LogP contribution in [0.4, 0.5) is 5.69 Å². The van der Waals surface area contributed by atoms with Crippen LogP contribution in [0.1, 0.15) is 23.3 Å². The molecule has 1 aromatic heterocycles. The third kappa shape index (κ3) is 2.66. The molecular formula is C11H15N3OS.